The number of ether oxygens (including phenoxy) is 1. The minimum Gasteiger partial charge on any atom is -0.465 e. The first-order chi connectivity index (χ1) is 21.7. The second kappa shape index (κ2) is 12.6. The Morgan fingerprint density at radius 1 is 0.933 bits per heavy atom. The van der Waals surface area contributed by atoms with E-state index in [0.717, 1.165) is 12.1 Å². The lowest BCUT2D eigenvalue weighted by molar-refractivity contribution is -0.115. The van der Waals surface area contributed by atoms with E-state index < -0.39 is 23.6 Å². The Hall–Kier alpha value is -4.96. The van der Waals surface area contributed by atoms with E-state index in [0.29, 0.717) is 31.0 Å². The number of nitrogens with one attached hydrogen (secondary N) is 2. The normalized spacial score (nSPS) is 16.8. The van der Waals surface area contributed by atoms with Gasteiger partial charge in [-0.2, -0.15) is 0 Å². The van der Waals surface area contributed by atoms with Gasteiger partial charge >= 0.3 is 5.97 Å². The number of benzene rings is 3. The molecule has 1 aromatic heterocycles. The van der Waals surface area contributed by atoms with Gasteiger partial charge in [-0.15, -0.1) is 0 Å². The molecular weight excluding hydrogens is 599 g/mol. The Kier molecular flexibility index (Phi) is 8.40. The molecule has 4 aromatic rings. The van der Waals surface area contributed by atoms with Crippen LogP contribution in [0.2, 0.25) is 5.02 Å². The van der Waals surface area contributed by atoms with Crippen molar-refractivity contribution in [3.8, 4) is 0 Å². The van der Waals surface area contributed by atoms with Crippen LogP contribution in [0.15, 0.2) is 83.7 Å². The first-order valence-electron chi connectivity index (χ1n) is 14.5. The molecule has 0 aliphatic carbocycles. The quantitative estimate of drug-likeness (QED) is 0.262. The van der Waals surface area contributed by atoms with Crippen molar-refractivity contribution in [2.75, 3.05) is 35.7 Å². The van der Waals surface area contributed by atoms with Crippen molar-refractivity contribution in [1.82, 2.24) is 4.57 Å². The maximum absolute atomic E-state index is 14.5. The molecule has 9 nitrogen and oxygen atoms in total. The van der Waals surface area contributed by atoms with Crippen LogP contribution in [0.25, 0.3) is 0 Å². The van der Waals surface area contributed by atoms with E-state index in [1.54, 1.807) is 54.6 Å². The molecule has 0 radical (unpaired) electrons. The van der Waals surface area contributed by atoms with E-state index >= 15 is 0 Å². The van der Waals surface area contributed by atoms with Crippen molar-refractivity contribution in [3.05, 3.63) is 122 Å². The SMILES string of the molecule is COC(=O)c1ccccc1NC(=O)c1ccc(N2CC3CC(C2)c2cccc(=O)n2C3)c(NC(=O)Cc2c(F)cccc2Cl)c1. The number of hydrogen-bond donors (Lipinski definition) is 2. The molecular formula is C34H30ClFN4O5. The van der Waals surface area contributed by atoms with Gasteiger partial charge < -0.3 is 24.8 Å². The average Bonchev–Trinajstić information content (AvgIpc) is 3.03. The second-order valence-corrected chi connectivity index (χ2v) is 11.7. The molecule has 2 unspecified atom stereocenters. The zero-order valence-corrected chi connectivity index (χ0v) is 25.1. The molecule has 0 spiro atoms. The van der Waals surface area contributed by atoms with E-state index in [1.807, 2.05) is 10.6 Å². The summed E-state index contributed by atoms with van der Waals surface area (Å²) in [7, 11) is 1.26. The average molecular weight is 629 g/mol. The molecule has 3 heterocycles. The predicted octanol–water partition coefficient (Wildman–Crippen LogP) is 5.48. The topological polar surface area (TPSA) is 110 Å². The number of nitrogens with zero attached hydrogens (tertiary/aromatic N) is 2. The van der Waals surface area contributed by atoms with Crippen LogP contribution in [0.3, 0.4) is 0 Å². The second-order valence-electron chi connectivity index (χ2n) is 11.3. The van der Waals surface area contributed by atoms with Crippen molar-refractivity contribution >= 4 is 46.4 Å². The minimum absolute atomic E-state index is 0.0143. The maximum atomic E-state index is 14.5. The lowest BCUT2D eigenvalue weighted by Crippen LogP contribution is -2.47. The molecule has 2 amide bonds. The van der Waals surface area contributed by atoms with Gasteiger partial charge in [-0.1, -0.05) is 35.9 Å². The van der Waals surface area contributed by atoms with Crippen LogP contribution in [0.5, 0.6) is 0 Å². The Morgan fingerprint density at radius 3 is 2.53 bits per heavy atom. The summed E-state index contributed by atoms with van der Waals surface area (Å²) in [5.41, 5.74) is 2.79. The van der Waals surface area contributed by atoms with E-state index in [4.69, 9.17) is 16.3 Å². The summed E-state index contributed by atoms with van der Waals surface area (Å²) in [4.78, 5) is 53.6. The summed E-state index contributed by atoms with van der Waals surface area (Å²) in [5, 5.41) is 5.79. The molecule has 1 fully saturated rings. The summed E-state index contributed by atoms with van der Waals surface area (Å²) in [6.07, 6.45) is 0.628. The number of piperidine rings is 1. The van der Waals surface area contributed by atoms with Gasteiger partial charge in [-0.25, -0.2) is 9.18 Å². The number of para-hydroxylation sites is 1. The van der Waals surface area contributed by atoms with E-state index in [-0.39, 0.29) is 51.2 Å². The molecule has 2 aliphatic heterocycles. The highest BCUT2D eigenvalue weighted by Gasteiger charge is 2.35. The Bertz CT molecular complexity index is 1860. The third-order valence-corrected chi connectivity index (χ3v) is 8.69. The highest BCUT2D eigenvalue weighted by atomic mass is 35.5. The van der Waals surface area contributed by atoms with Crippen LogP contribution in [-0.4, -0.2) is 42.6 Å². The summed E-state index contributed by atoms with van der Waals surface area (Å²) in [6.45, 7) is 1.83. The zero-order valence-electron chi connectivity index (χ0n) is 24.4. The van der Waals surface area contributed by atoms with Crippen LogP contribution in [0, 0.1) is 11.7 Å². The van der Waals surface area contributed by atoms with Gasteiger partial charge in [0.2, 0.25) is 5.91 Å². The number of fused-ring (bicyclic) bond motifs is 4. The van der Waals surface area contributed by atoms with Gasteiger partial charge in [0.15, 0.2) is 0 Å². The predicted molar refractivity (Wildman–Crippen MR) is 170 cm³/mol. The van der Waals surface area contributed by atoms with E-state index in [1.165, 1.54) is 25.3 Å². The third kappa shape index (κ3) is 6.19. The number of halogens is 2. The van der Waals surface area contributed by atoms with Crippen molar-refractivity contribution in [2.24, 2.45) is 5.92 Å². The summed E-state index contributed by atoms with van der Waals surface area (Å²) in [5.74, 6) is -1.89. The van der Waals surface area contributed by atoms with Crippen molar-refractivity contribution in [1.29, 1.82) is 0 Å². The number of esters is 1. The van der Waals surface area contributed by atoms with Crippen molar-refractivity contribution in [3.63, 3.8) is 0 Å². The number of hydrogen-bond acceptors (Lipinski definition) is 6. The number of aromatic nitrogens is 1. The molecule has 3 aromatic carbocycles. The molecule has 2 aliphatic rings. The van der Waals surface area contributed by atoms with Crippen LogP contribution in [-0.2, 0) is 22.5 Å². The number of methoxy groups -OCH3 is 1. The molecule has 6 rings (SSSR count). The van der Waals surface area contributed by atoms with Gasteiger partial charge in [-0.3, -0.25) is 14.4 Å². The van der Waals surface area contributed by atoms with E-state index in [9.17, 15) is 23.6 Å². The third-order valence-electron chi connectivity index (χ3n) is 8.33. The number of rotatable bonds is 7. The highest BCUT2D eigenvalue weighted by Crippen LogP contribution is 2.39. The fraction of sp³-hybridized carbons (Fsp3) is 0.235. The number of amides is 2. The molecule has 0 saturated carbocycles. The lowest BCUT2D eigenvalue weighted by Gasteiger charge is -2.44. The molecule has 2 N–H and O–H groups in total. The Balaban J connectivity index is 1.32. The fourth-order valence-electron chi connectivity index (χ4n) is 6.28. The first-order valence-corrected chi connectivity index (χ1v) is 14.9. The van der Waals surface area contributed by atoms with Gasteiger partial charge in [0.1, 0.15) is 5.82 Å². The minimum atomic E-state index is -0.597. The number of carbonyl (C=O) groups is 3. The molecule has 230 valence electrons. The van der Waals surface area contributed by atoms with Crippen LogP contribution in [0.1, 0.15) is 44.3 Å². The van der Waals surface area contributed by atoms with Crippen LogP contribution < -0.4 is 21.1 Å². The summed E-state index contributed by atoms with van der Waals surface area (Å²) >= 11 is 6.19. The van der Waals surface area contributed by atoms with Gasteiger partial charge in [0, 0.05) is 53.5 Å². The lowest BCUT2D eigenvalue weighted by atomic mass is 9.83. The number of anilines is 3. The standard InChI is InChI=1S/C34H30ClFN4O5/c1-45-34(44)23-6-2-3-9-27(23)38-33(43)21-12-13-30(28(15-21)37-31(41)16-24-25(35)7-4-8-26(24)36)39-17-20-14-22(19-39)29-10-5-11-32(42)40(29)18-20/h2-13,15,20,22H,14,16-19H2,1H3,(H,37,41)(H,38,43). The van der Waals surface area contributed by atoms with Gasteiger partial charge in [0.05, 0.1) is 36.2 Å². The maximum Gasteiger partial charge on any atom is 0.339 e. The largest absolute Gasteiger partial charge is 0.465 e. The monoisotopic (exact) mass is 628 g/mol. The first kappa shape index (κ1) is 30.1. The summed E-state index contributed by atoms with van der Waals surface area (Å²) < 4.78 is 21.2. The Labute approximate surface area is 263 Å². The van der Waals surface area contributed by atoms with Crippen LogP contribution >= 0.6 is 11.6 Å². The fourth-order valence-corrected chi connectivity index (χ4v) is 6.51. The van der Waals surface area contributed by atoms with Gasteiger partial charge in [-0.05, 0) is 60.9 Å². The smallest absolute Gasteiger partial charge is 0.339 e. The number of carbonyl (C=O) groups excluding carboxylic acids is 3. The number of pyridine rings is 1. The molecule has 1 saturated heterocycles. The molecule has 11 heteroatoms. The van der Waals surface area contributed by atoms with Crippen LogP contribution in [0.4, 0.5) is 21.5 Å². The molecule has 2 atom stereocenters. The Morgan fingerprint density at radius 2 is 1.73 bits per heavy atom. The van der Waals surface area contributed by atoms with Crippen molar-refractivity contribution in [2.45, 2.75) is 25.3 Å². The highest BCUT2D eigenvalue weighted by molar-refractivity contribution is 6.31. The van der Waals surface area contributed by atoms with E-state index in [2.05, 4.69) is 15.5 Å². The molecule has 45 heavy (non-hydrogen) atoms. The zero-order chi connectivity index (χ0) is 31.7. The van der Waals surface area contributed by atoms with Crippen molar-refractivity contribution < 1.29 is 23.5 Å². The molecule has 2 bridgehead atoms. The van der Waals surface area contributed by atoms with Gasteiger partial charge in [0.25, 0.3) is 11.5 Å². The summed E-state index contributed by atoms with van der Waals surface area (Å²) in [6, 6.07) is 21.0.